The molecule has 3 nitrogen and oxygen atoms in total. The molecule has 0 aromatic carbocycles. The third-order valence-electron chi connectivity index (χ3n) is 2.37. The summed E-state index contributed by atoms with van der Waals surface area (Å²) in [5.41, 5.74) is 0. The molecule has 1 aliphatic carbocycles. The molecule has 1 saturated heterocycles. The Morgan fingerprint density at radius 3 is 2.79 bits per heavy atom. The van der Waals surface area contributed by atoms with Crippen molar-refractivity contribution in [1.29, 1.82) is 0 Å². The van der Waals surface area contributed by atoms with E-state index in [1.165, 1.54) is 0 Å². The number of aliphatic hydroxyl groups excluding tert-OH is 1. The maximum atomic E-state index is 9.70. The normalized spacial score (nSPS) is 45.9. The minimum absolute atomic E-state index is 0.0432. The van der Waals surface area contributed by atoms with Crippen LogP contribution >= 0.6 is 38.5 Å². The Kier molecular flexibility index (Phi) is 2.99. The maximum absolute atomic E-state index is 9.70. The molecule has 2 rings (SSSR count). The van der Waals surface area contributed by atoms with E-state index in [0.717, 1.165) is 3.58 Å². The topological polar surface area (TPSA) is 38.7 Å². The Morgan fingerprint density at radius 1 is 1.50 bits per heavy atom. The number of alkyl halides is 1. The highest BCUT2D eigenvalue weighted by molar-refractivity contribution is 14.1. The summed E-state index contributed by atoms with van der Waals surface area (Å²) in [5, 5.41) is 9.70. The van der Waals surface area contributed by atoms with Gasteiger partial charge in [-0.2, -0.15) is 0 Å². The zero-order chi connectivity index (χ0) is 10.5. The first-order valence-electron chi connectivity index (χ1n) is 4.46. The van der Waals surface area contributed by atoms with Crippen molar-refractivity contribution in [3.8, 4) is 0 Å². The van der Waals surface area contributed by atoms with E-state index in [1.807, 2.05) is 19.9 Å². The second-order valence-corrected chi connectivity index (χ2v) is 6.31. The first kappa shape index (κ1) is 11.3. The standard InChI is InChI=1S/C9H12BrIO3/c1-9(2)13-7-4(11)3-5(12)6(10)8(7)14-9/h3,5-8,12H,1-2H3/t5-,6?,7+,8-/m0/s1. The van der Waals surface area contributed by atoms with E-state index in [-0.39, 0.29) is 17.0 Å². The van der Waals surface area contributed by atoms with Gasteiger partial charge in [-0.05, 0) is 42.5 Å². The average molecular weight is 375 g/mol. The zero-order valence-electron chi connectivity index (χ0n) is 7.91. The Balaban J connectivity index is 2.27. The number of halogens is 2. The van der Waals surface area contributed by atoms with Crippen molar-refractivity contribution in [3.63, 3.8) is 0 Å². The number of aliphatic hydroxyl groups is 1. The summed E-state index contributed by atoms with van der Waals surface area (Å²) in [4.78, 5) is -0.0900. The molecule has 0 bridgehead atoms. The molecular weight excluding hydrogens is 363 g/mol. The Hall–Kier alpha value is 0.830. The van der Waals surface area contributed by atoms with Crippen molar-refractivity contribution < 1.29 is 14.6 Å². The van der Waals surface area contributed by atoms with Crippen molar-refractivity contribution in [2.75, 3.05) is 0 Å². The first-order valence-corrected chi connectivity index (χ1v) is 6.45. The van der Waals surface area contributed by atoms with E-state index in [4.69, 9.17) is 9.47 Å². The third kappa shape index (κ3) is 1.89. The van der Waals surface area contributed by atoms with Gasteiger partial charge in [0.1, 0.15) is 12.2 Å². The molecule has 5 heteroatoms. The monoisotopic (exact) mass is 374 g/mol. The highest BCUT2D eigenvalue weighted by Crippen LogP contribution is 2.41. The van der Waals surface area contributed by atoms with Gasteiger partial charge in [-0.1, -0.05) is 15.9 Å². The molecule has 0 aromatic heterocycles. The van der Waals surface area contributed by atoms with Gasteiger partial charge in [0.05, 0.1) is 10.9 Å². The SMILES string of the molecule is CC1(C)O[C@@H]2C(I)=C[C@H](O)C(Br)[C@@H]2O1. The summed E-state index contributed by atoms with van der Waals surface area (Å²) < 4.78 is 12.5. The van der Waals surface area contributed by atoms with E-state index < -0.39 is 11.9 Å². The van der Waals surface area contributed by atoms with Gasteiger partial charge in [0, 0.05) is 3.58 Å². The quantitative estimate of drug-likeness (QED) is 0.520. The molecule has 14 heavy (non-hydrogen) atoms. The Morgan fingerprint density at radius 2 is 2.14 bits per heavy atom. The highest BCUT2D eigenvalue weighted by atomic mass is 127. The summed E-state index contributed by atoms with van der Waals surface area (Å²) in [6, 6.07) is 0. The predicted octanol–water partition coefficient (Wildman–Crippen LogP) is 1.96. The molecular formula is C9H12BrIO3. The fraction of sp³-hybridized carbons (Fsp3) is 0.778. The van der Waals surface area contributed by atoms with Gasteiger partial charge in [-0.25, -0.2) is 0 Å². The summed E-state index contributed by atoms with van der Waals surface area (Å²) in [6.45, 7) is 3.78. The third-order valence-corrected chi connectivity index (χ3v) is 4.41. The lowest BCUT2D eigenvalue weighted by Gasteiger charge is -2.29. The summed E-state index contributed by atoms with van der Waals surface area (Å²) >= 11 is 5.63. The number of fused-ring (bicyclic) bond motifs is 1. The Labute approximate surface area is 105 Å². The second kappa shape index (κ2) is 3.69. The molecule has 0 amide bonds. The van der Waals surface area contributed by atoms with E-state index in [0.29, 0.717) is 0 Å². The highest BCUT2D eigenvalue weighted by Gasteiger charge is 2.49. The summed E-state index contributed by atoms with van der Waals surface area (Å²) in [5.74, 6) is -0.560. The lowest BCUT2D eigenvalue weighted by atomic mass is 10.00. The van der Waals surface area contributed by atoms with E-state index in [2.05, 4.69) is 38.5 Å². The maximum Gasteiger partial charge on any atom is 0.164 e. The van der Waals surface area contributed by atoms with Gasteiger partial charge < -0.3 is 14.6 Å². The van der Waals surface area contributed by atoms with Crippen LogP contribution < -0.4 is 0 Å². The minimum Gasteiger partial charge on any atom is -0.388 e. The molecule has 4 atom stereocenters. The summed E-state index contributed by atoms with van der Waals surface area (Å²) in [6.07, 6.45) is 1.17. The van der Waals surface area contributed by atoms with Crippen molar-refractivity contribution in [2.24, 2.45) is 0 Å². The molecule has 80 valence electrons. The molecule has 1 N–H and O–H groups in total. The second-order valence-electron chi connectivity index (χ2n) is 4.01. The van der Waals surface area contributed by atoms with Crippen LogP contribution in [-0.4, -0.2) is 34.0 Å². The van der Waals surface area contributed by atoms with Crippen LogP contribution in [0.1, 0.15) is 13.8 Å². The molecule has 1 heterocycles. The molecule has 0 aromatic rings. The smallest absolute Gasteiger partial charge is 0.164 e. The zero-order valence-corrected chi connectivity index (χ0v) is 11.6. The van der Waals surface area contributed by atoms with E-state index >= 15 is 0 Å². The van der Waals surface area contributed by atoms with Crippen molar-refractivity contribution in [1.82, 2.24) is 0 Å². The van der Waals surface area contributed by atoms with Crippen molar-refractivity contribution in [2.45, 2.75) is 42.8 Å². The minimum atomic E-state index is -0.560. The van der Waals surface area contributed by atoms with Gasteiger partial charge in [-0.15, -0.1) is 0 Å². The molecule has 1 fully saturated rings. The van der Waals surface area contributed by atoms with Crippen molar-refractivity contribution in [3.05, 3.63) is 9.66 Å². The van der Waals surface area contributed by atoms with Gasteiger partial charge in [0.25, 0.3) is 0 Å². The lowest BCUT2D eigenvalue weighted by molar-refractivity contribution is -0.143. The Bertz CT molecular complexity index is 279. The molecule has 1 aliphatic heterocycles. The molecule has 0 radical (unpaired) electrons. The van der Waals surface area contributed by atoms with Crippen LogP contribution in [-0.2, 0) is 9.47 Å². The van der Waals surface area contributed by atoms with Gasteiger partial charge in [0.2, 0.25) is 0 Å². The van der Waals surface area contributed by atoms with Gasteiger partial charge >= 0.3 is 0 Å². The van der Waals surface area contributed by atoms with Gasteiger partial charge in [-0.3, -0.25) is 0 Å². The fourth-order valence-corrected chi connectivity index (χ4v) is 3.17. The van der Waals surface area contributed by atoms with Crippen LogP contribution in [0.4, 0.5) is 0 Å². The van der Waals surface area contributed by atoms with Crippen LogP contribution in [0.15, 0.2) is 9.66 Å². The number of hydrogen-bond donors (Lipinski definition) is 1. The van der Waals surface area contributed by atoms with Crippen LogP contribution in [0.3, 0.4) is 0 Å². The fourth-order valence-electron chi connectivity index (χ4n) is 1.78. The molecule has 2 aliphatic rings. The number of ether oxygens (including phenoxy) is 2. The number of hydrogen-bond acceptors (Lipinski definition) is 3. The summed E-state index contributed by atoms with van der Waals surface area (Å²) in [7, 11) is 0. The predicted molar refractivity (Wildman–Crippen MR) is 64.6 cm³/mol. The lowest BCUT2D eigenvalue weighted by Crippen LogP contribution is -2.42. The van der Waals surface area contributed by atoms with E-state index in [9.17, 15) is 5.11 Å². The molecule has 0 spiro atoms. The number of rotatable bonds is 0. The van der Waals surface area contributed by atoms with Crippen LogP contribution in [0, 0.1) is 0 Å². The van der Waals surface area contributed by atoms with Gasteiger partial charge in [0.15, 0.2) is 5.79 Å². The average Bonchev–Trinajstić information content (AvgIpc) is 2.38. The van der Waals surface area contributed by atoms with Crippen LogP contribution in [0.5, 0.6) is 0 Å². The largest absolute Gasteiger partial charge is 0.388 e. The molecule has 1 unspecified atom stereocenters. The van der Waals surface area contributed by atoms with Crippen molar-refractivity contribution >= 4 is 38.5 Å². The van der Waals surface area contributed by atoms with Crippen LogP contribution in [0.2, 0.25) is 0 Å². The van der Waals surface area contributed by atoms with Crippen LogP contribution in [0.25, 0.3) is 0 Å². The molecule has 0 saturated carbocycles. The van der Waals surface area contributed by atoms with E-state index in [1.54, 1.807) is 0 Å². The first-order chi connectivity index (χ1) is 6.41.